The Morgan fingerprint density at radius 3 is 2.48 bits per heavy atom. The van der Waals surface area contributed by atoms with Crippen LogP contribution in [0.1, 0.15) is 57.8 Å². The molecule has 0 aliphatic carbocycles. The molecule has 1 heterocycles. The SMILES string of the molecule is CCCC1NC(c2ccccc2C)N(C(C)C(C)C)C1=O. The van der Waals surface area contributed by atoms with E-state index in [1.54, 1.807) is 0 Å². The minimum absolute atomic E-state index is 0.00708. The maximum atomic E-state index is 12.8. The number of carbonyl (C=O) groups is 1. The minimum Gasteiger partial charge on any atom is -0.319 e. The van der Waals surface area contributed by atoms with Gasteiger partial charge < -0.3 is 4.90 Å². The molecule has 1 aliphatic rings. The molecule has 0 radical (unpaired) electrons. The smallest absolute Gasteiger partial charge is 0.241 e. The zero-order valence-corrected chi connectivity index (χ0v) is 13.9. The van der Waals surface area contributed by atoms with Crippen LogP contribution < -0.4 is 5.32 Å². The van der Waals surface area contributed by atoms with Crippen molar-refractivity contribution in [2.24, 2.45) is 5.92 Å². The molecule has 3 unspecified atom stereocenters. The molecule has 1 fully saturated rings. The van der Waals surface area contributed by atoms with Gasteiger partial charge in [0.15, 0.2) is 0 Å². The summed E-state index contributed by atoms with van der Waals surface area (Å²) in [6.07, 6.45) is 1.93. The van der Waals surface area contributed by atoms with Gasteiger partial charge in [-0.25, -0.2) is 0 Å². The third-order valence-electron chi connectivity index (χ3n) is 4.65. The molecule has 0 bridgehead atoms. The van der Waals surface area contributed by atoms with E-state index in [0.717, 1.165) is 12.8 Å². The molecule has 1 saturated heterocycles. The van der Waals surface area contributed by atoms with E-state index in [-0.39, 0.29) is 24.2 Å². The zero-order valence-electron chi connectivity index (χ0n) is 13.9. The first-order valence-corrected chi connectivity index (χ1v) is 8.11. The molecule has 0 aromatic heterocycles. The fourth-order valence-electron chi connectivity index (χ4n) is 3.04. The molecule has 0 saturated carbocycles. The van der Waals surface area contributed by atoms with Crippen LogP contribution in [0.4, 0.5) is 0 Å². The molecule has 2 rings (SSSR count). The lowest BCUT2D eigenvalue weighted by atomic mass is 10.0. The number of aryl methyl sites for hydroxylation is 1. The maximum absolute atomic E-state index is 12.8. The van der Waals surface area contributed by atoms with Gasteiger partial charge >= 0.3 is 0 Å². The molecular formula is C18H28N2O. The van der Waals surface area contributed by atoms with Crippen LogP contribution in [0.5, 0.6) is 0 Å². The molecule has 21 heavy (non-hydrogen) atoms. The van der Waals surface area contributed by atoms with Crippen LogP contribution in [0.25, 0.3) is 0 Å². The molecule has 1 aromatic rings. The van der Waals surface area contributed by atoms with Gasteiger partial charge in [-0.2, -0.15) is 0 Å². The molecule has 1 amide bonds. The summed E-state index contributed by atoms with van der Waals surface area (Å²) < 4.78 is 0. The predicted octanol–water partition coefficient (Wildman–Crippen LogP) is 3.64. The van der Waals surface area contributed by atoms with E-state index in [0.29, 0.717) is 5.92 Å². The van der Waals surface area contributed by atoms with Crippen LogP contribution in [0, 0.1) is 12.8 Å². The number of rotatable bonds is 5. The van der Waals surface area contributed by atoms with E-state index in [1.165, 1.54) is 11.1 Å². The number of nitrogens with zero attached hydrogens (tertiary/aromatic N) is 1. The molecule has 0 spiro atoms. The summed E-state index contributed by atoms with van der Waals surface area (Å²) in [5.41, 5.74) is 2.46. The number of amides is 1. The third kappa shape index (κ3) is 3.13. The van der Waals surface area contributed by atoms with Gasteiger partial charge in [0, 0.05) is 6.04 Å². The van der Waals surface area contributed by atoms with Crippen LogP contribution >= 0.6 is 0 Å². The number of carbonyl (C=O) groups excluding carboxylic acids is 1. The predicted molar refractivity (Wildman–Crippen MR) is 86.9 cm³/mol. The monoisotopic (exact) mass is 288 g/mol. The topological polar surface area (TPSA) is 32.3 Å². The summed E-state index contributed by atoms with van der Waals surface area (Å²) >= 11 is 0. The number of hydrogen-bond donors (Lipinski definition) is 1. The van der Waals surface area contributed by atoms with Gasteiger partial charge in [-0.15, -0.1) is 0 Å². The second-order valence-electron chi connectivity index (χ2n) is 6.50. The lowest BCUT2D eigenvalue weighted by Crippen LogP contribution is -2.41. The lowest BCUT2D eigenvalue weighted by Gasteiger charge is -2.33. The van der Waals surface area contributed by atoms with Crippen molar-refractivity contribution in [1.29, 1.82) is 0 Å². The Balaban J connectivity index is 2.37. The van der Waals surface area contributed by atoms with Crippen molar-refractivity contribution < 1.29 is 4.79 Å². The standard InChI is InChI=1S/C18H28N2O/c1-6-9-16-18(21)20(14(5)12(2)3)17(19-16)15-11-8-7-10-13(15)4/h7-8,10-12,14,16-17,19H,6,9H2,1-5H3. The van der Waals surface area contributed by atoms with Crippen molar-refractivity contribution in [2.75, 3.05) is 0 Å². The first-order valence-electron chi connectivity index (χ1n) is 8.11. The van der Waals surface area contributed by atoms with Crippen LogP contribution in [0.3, 0.4) is 0 Å². The van der Waals surface area contributed by atoms with Crippen molar-refractivity contribution in [1.82, 2.24) is 10.2 Å². The number of hydrogen-bond acceptors (Lipinski definition) is 2. The largest absolute Gasteiger partial charge is 0.319 e. The van der Waals surface area contributed by atoms with Gasteiger partial charge in [-0.1, -0.05) is 51.5 Å². The Hall–Kier alpha value is -1.35. The molecule has 116 valence electrons. The second kappa shape index (κ2) is 6.61. The van der Waals surface area contributed by atoms with E-state index in [2.05, 4.69) is 69.1 Å². The van der Waals surface area contributed by atoms with Crippen LogP contribution in [-0.4, -0.2) is 22.9 Å². The first kappa shape index (κ1) is 16.0. The molecule has 1 aromatic carbocycles. The molecular weight excluding hydrogens is 260 g/mol. The molecule has 3 heteroatoms. The number of benzene rings is 1. The highest BCUT2D eigenvalue weighted by Gasteiger charge is 2.42. The van der Waals surface area contributed by atoms with Gasteiger partial charge in [0.05, 0.1) is 6.04 Å². The van der Waals surface area contributed by atoms with E-state index in [9.17, 15) is 4.79 Å². The van der Waals surface area contributed by atoms with E-state index in [4.69, 9.17) is 0 Å². The van der Waals surface area contributed by atoms with E-state index >= 15 is 0 Å². The maximum Gasteiger partial charge on any atom is 0.241 e. The summed E-state index contributed by atoms with van der Waals surface area (Å²) in [4.78, 5) is 14.9. The van der Waals surface area contributed by atoms with E-state index < -0.39 is 0 Å². The Morgan fingerprint density at radius 1 is 1.24 bits per heavy atom. The fraction of sp³-hybridized carbons (Fsp3) is 0.611. The third-order valence-corrected chi connectivity index (χ3v) is 4.65. The molecule has 3 nitrogen and oxygen atoms in total. The van der Waals surface area contributed by atoms with E-state index in [1.807, 2.05) is 0 Å². The minimum atomic E-state index is -0.0409. The molecule has 1 aliphatic heterocycles. The van der Waals surface area contributed by atoms with Gasteiger partial charge in [0.2, 0.25) is 5.91 Å². The average Bonchev–Trinajstić information content (AvgIpc) is 2.76. The molecule has 1 N–H and O–H groups in total. The van der Waals surface area contributed by atoms with Crippen LogP contribution in [0.2, 0.25) is 0 Å². The fourth-order valence-corrected chi connectivity index (χ4v) is 3.04. The Bertz CT molecular complexity index is 498. The van der Waals surface area contributed by atoms with Crippen LogP contribution in [-0.2, 0) is 4.79 Å². The van der Waals surface area contributed by atoms with Crippen LogP contribution in [0.15, 0.2) is 24.3 Å². The highest BCUT2D eigenvalue weighted by atomic mass is 16.2. The summed E-state index contributed by atoms with van der Waals surface area (Å²) in [6.45, 7) is 10.8. The summed E-state index contributed by atoms with van der Waals surface area (Å²) in [5.74, 6) is 0.703. The van der Waals surface area contributed by atoms with Crippen molar-refractivity contribution in [3.63, 3.8) is 0 Å². The summed E-state index contributed by atoms with van der Waals surface area (Å²) in [7, 11) is 0. The van der Waals surface area contributed by atoms with Gasteiger partial charge in [-0.3, -0.25) is 10.1 Å². The summed E-state index contributed by atoms with van der Waals surface area (Å²) in [6, 6.07) is 8.55. The summed E-state index contributed by atoms with van der Waals surface area (Å²) in [5, 5.41) is 3.56. The van der Waals surface area contributed by atoms with Gasteiger partial charge in [0.25, 0.3) is 0 Å². The van der Waals surface area contributed by atoms with Crippen molar-refractivity contribution in [3.8, 4) is 0 Å². The second-order valence-corrected chi connectivity index (χ2v) is 6.50. The lowest BCUT2D eigenvalue weighted by molar-refractivity contribution is -0.133. The van der Waals surface area contributed by atoms with Crippen molar-refractivity contribution in [3.05, 3.63) is 35.4 Å². The highest BCUT2D eigenvalue weighted by molar-refractivity contribution is 5.85. The number of nitrogens with one attached hydrogen (secondary N) is 1. The van der Waals surface area contributed by atoms with Gasteiger partial charge in [0.1, 0.15) is 6.17 Å². The molecule has 3 atom stereocenters. The Kier molecular flexibility index (Phi) is 5.04. The Morgan fingerprint density at radius 2 is 1.90 bits per heavy atom. The Labute approximate surface area is 128 Å². The quantitative estimate of drug-likeness (QED) is 0.897. The van der Waals surface area contributed by atoms with Crippen molar-refractivity contribution >= 4 is 5.91 Å². The first-order chi connectivity index (χ1) is 9.97. The average molecular weight is 288 g/mol. The highest BCUT2D eigenvalue weighted by Crippen LogP contribution is 2.32. The van der Waals surface area contributed by atoms with Crippen molar-refractivity contribution in [2.45, 2.75) is 65.7 Å². The van der Waals surface area contributed by atoms with Gasteiger partial charge in [-0.05, 0) is 37.3 Å². The normalized spacial score (nSPS) is 23.9. The zero-order chi connectivity index (χ0) is 15.6.